The average molecular weight is 493 g/mol. The van der Waals surface area contributed by atoms with Crippen LogP contribution in [0.15, 0.2) is 0 Å². The largest absolute Gasteiger partial charge is 0.346 e. The SMILES string of the molecule is O=C1CCS[C@@H]2C1SCCC21OCCO1.O=C1CCS[C@@H]2[C@@H]1SCCC21OCCO1. The molecule has 0 aromatic carbocycles. The molecule has 0 saturated carbocycles. The highest BCUT2D eigenvalue weighted by atomic mass is 32.2. The minimum absolute atomic E-state index is 0.107. The summed E-state index contributed by atoms with van der Waals surface area (Å²) >= 11 is 7.28. The van der Waals surface area contributed by atoms with Crippen LogP contribution in [0.25, 0.3) is 0 Å². The molecule has 6 saturated heterocycles. The smallest absolute Gasteiger partial charge is 0.182 e. The molecule has 6 aliphatic heterocycles. The lowest BCUT2D eigenvalue weighted by Crippen LogP contribution is -2.54. The van der Waals surface area contributed by atoms with E-state index < -0.39 is 11.6 Å². The van der Waals surface area contributed by atoms with Gasteiger partial charge >= 0.3 is 0 Å². The summed E-state index contributed by atoms with van der Waals surface area (Å²) in [5, 5.41) is 0.659. The van der Waals surface area contributed by atoms with Crippen LogP contribution in [-0.4, -0.2) is 93.6 Å². The highest BCUT2D eigenvalue weighted by Crippen LogP contribution is 2.49. The van der Waals surface area contributed by atoms with Gasteiger partial charge in [-0.25, -0.2) is 0 Å². The van der Waals surface area contributed by atoms with Crippen molar-refractivity contribution in [3.63, 3.8) is 0 Å². The van der Waals surface area contributed by atoms with Gasteiger partial charge in [-0.2, -0.15) is 23.5 Å². The van der Waals surface area contributed by atoms with E-state index in [4.69, 9.17) is 18.9 Å². The van der Waals surface area contributed by atoms with Crippen LogP contribution in [0.3, 0.4) is 0 Å². The maximum Gasteiger partial charge on any atom is 0.182 e. The van der Waals surface area contributed by atoms with Crippen LogP contribution in [-0.2, 0) is 28.5 Å². The molecule has 0 aromatic rings. The maximum atomic E-state index is 11.8. The first-order valence-corrected chi connectivity index (χ1v) is 14.9. The van der Waals surface area contributed by atoms with Crippen molar-refractivity contribution in [2.75, 3.05) is 49.4 Å². The summed E-state index contributed by atoms with van der Waals surface area (Å²) in [6.07, 6.45) is 3.29. The summed E-state index contributed by atoms with van der Waals surface area (Å²) in [7, 11) is 0. The van der Waals surface area contributed by atoms with E-state index in [0.29, 0.717) is 38.0 Å². The third kappa shape index (κ3) is 4.13. The Labute approximate surface area is 194 Å². The molecule has 6 aliphatic rings. The Morgan fingerprint density at radius 1 is 0.600 bits per heavy atom. The van der Waals surface area contributed by atoms with Crippen LogP contribution in [0.1, 0.15) is 25.7 Å². The molecule has 1 unspecified atom stereocenters. The number of rotatable bonds is 0. The number of carbonyl (C=O) groups is 2. The van der Waals surface area contributed by atoms with Gasteiger partial charge in [-0.15, -0.1) is 23.5 Å². The molecular formula is C20H28O6S4. The minimum Gasteiger partial charge on any atom is -0.346 e. The average Bonchev–Trinajstić information content (AvgIpc) is 3.42. The molecule has 30 heavy (non-hydrogen) atoms. The fourth-order valence-corrected chi connectivity index (χ4v) is 11.4. The first-order chi connectivity index (χ1) is 14.6. The molecule has 6 rings (SSSR count). The molecule has 6 nitrogen and oxygen atoms in total. The predicted molar refractivity (Wildman–Crippen MR) is 123 cm³/mol. The first-order valence-electron chi connectivity index (χ1n) is 10.7. The van der Waals surface area contributed by atoms with E-state index in [9.17, 15) is 9.59 Å². The van der Waals surface area contributed by atoms with Crippen molar-refractivity contribution >= 4 is 58.6 Å². The Bertz CT molecular complexity index is 608. The molecule has 0 amide bonds. The summed E-state index contributed by atoms with van der Waals surface area (Å²) in [5.74, 6) is 3.72. The zero-order valence-corrected chi connectivity index (χ0v) is 20.1. The zero-order chi connectivity index (χ0) is 20.6. The van der Waals surface area contributed by atoms with E-state index in [0.717, 1.165) is 48.7 Å². The number of ketones is 2. The number of ether oxygens (including phenoxy) is 4. The molecule has 0 radical (unpaired) electrons. The Kier molecular flexibility index (Phi) is 7.04. The highest BCUT2D eigenvalue weighted by molar-refractivity contribution is 8.05. The molecule has 0 bridgehead atoms. The lowest BCUT2D eigenvalue weighted by Gasteiger charge is -2.44. The van der Waals surface area contributed by atoms with Crippen LogP contribution in [0, 0.1) is 0 Å². The molecule has 6 heterocycles. The van der Waals surface area contributed by atoms with Crippen LogP contribution in [0.5, 0.6) is 0 Å². The molecular weight excluding hydrogens is 464 g/mol. The molecule has 2 spiro atoms. The van der Waals surface area contributed by atoms with Gasteiger partial charge in [0.15, 0.2) is 11.6 Å². The van der Waals surface area contributed by atoms with E-state index in [1.54, 1.807) is 23.5 Å². The quantitative estimate of drug-likeness (QED) is 0.504. The third-order valence-electron chi connectivity index (χ3n) is 6.39. The van der Waals surface area contributed by atoms with Gasteiger partial charge in [0.25, 0.3) is 0 Å². The Hall–Kier alpha value is 0.580. The van der Waals surface area contributed by atoms with Gasteiger partial charge in [0, 0.05) is 37.2 Å². The summed E-state index contributed by atoms with van der Waals surface area (Å²) < 4.78 is 23.2. The lowest BCUT2D eigenvalue weighted by molar-refractivity contribution is -0.162. The molecule has 0 N–H and O–H groups in total. The highest BCUT2D eigenvalue weighted by Gasteiger charge is 2.55. The van der Waals surface area contributed by atoms with Crippen molar-refractivity contribution < 1.29 is 28.5 Å². The lowest BCUT2D eigenvalue weighted by atomic mass is 10.0. The second-order valence-electron chi connectivity index (χ2n) is 8.12. The summed E-state index contributed by atoms with van der Waals surface area (Å²) in [5.41, 5.74) is 0. The molecule has 168 valence electrons. The fraction of sp³-hybridized carbons (Fsp3) is 0.900. The van der Waals surface area contributed by atoms with Crippen LogP contribution in [0.4, 0.5) is 0 Å². The zero-order valence-electron chi connectivity index (χ0n) is 16.9. The molecule has 6 fully saturated rings. The number of hydrogen-bond donors (Lipinski definition) is 0. The number of thioether (sulfide) groups is 4. The van der Waals surface area contributed by atoms with Crippen molar-refractivity contribution in [3.8, 4) is 0 Å². The first kappa shape index (κ1) is 22.4. The summed E-state index contributed by atoms with van der Waals surface area (Å²) in [6, 6.07) is 0. The minimum atomic E-state index is -0.434. The maximum absolute atomic E-state index is 11.8. The molecule has 0 aromatic heterocycles. The predicted octanol–water partition coefficient (Wildman–Crippen LogP) is 2.62. The van der Waals surface area contributed by atoms with Crippen LogP contribution in [0.2, 0.25) is 0 Å². The standard InChI is InChI=1S/2C10H14O3S2/c2*11-7-1-5-15-9-8(7)14-6-2-10(9)12-3-4-13-10/h2*8-9H,1-6H2/t8?,9-;8-,9-/m11/s1. The normalized spacial score (nSPS) is 39.3. The number of Topliss-reactive ketones (excluding diaryl/α,β-unsaturated/α-hetero) is 2. The van der Waals surface area contributed by atoms with Crippen LogP contribution >= 0.6 is 47.0 Å². The van der Waals surface area contributed by atoms with Crippen molar-refractivity contribution in [2.24, 2.45) is 0 Å². The van der Waals surface area contributed by atoms with Gasteiger partial charge < -0.3 is 18.9 Å². The van der Waals surface area contributed by atoms with Crippen molar-refractivity contribution in [2.45, 2.75) is 58.3 Å². The Morgan fingerprint density at radius 2 is 1.00 bits per heavy atom. The Balaban J connectivity index is 0.000000128. The molecule has 0 aliphatic carbocycles. The van der Waals surface area contributed by atoms with E-state index in [1.165, 1.54) is 0 Å². The van der Waals surface area contributed by atoms with Crippen molar-refractivity contribution in [1.82, 2.24) is 0 Å². The summed E-state index contributed by atoms with van der Waals surface area (Å²) in [6.45, 7) is 2.73. The summed E-state index contributed by atoms with van der Waals surface area (Å²) in [4.78, 5) is 23.6. The van der Waals surface area contributed by atoms with Gasteiger partial charge in [0.2, 0.25) is 0 Å². The second-order valence-corrected chi connectivity index (χ2v) is 13.1. The molecule has 4 atom stereocenters. The second kappa shape index (κ2) is 9.44. The van der Waals surface area contributed by atoms with Crippen molar-refractivity contribution in [3.05, 3.63) is 0 Å². The van der Waals surface area contributed by atoms with Crippen LogP contribution < -0.4 is 0 Å². The van der Waals surface area contributed by atoms with Gasteiger partial charge in [-0.3, -0.25) is 9.59 Å². The number of fused-ring (bicyclic) bond motifs is 4. The monoisotopic (exact) mass is 492 g/mol. The van der Waals surface area contributed by atoms with Gasteiger partial charge in [0.1, 0.15) is 11.6 Å². The van der Waals surface area contributed by atoms with Crippen molar-refractivity contribution in [1.29, 1.82) is 0 Å². The third-order valence-corrected chi connectivity index (χ3v) is 12.3. The topological polar surface area (TPSA) is 71.1 Å². The van der Waals surface area contributed by atoms with E-state index in [-0.39, 0.29) is 21.0 Å². The van der Waals surface area contributed by atoms with E-state index in [1.807, 2.05) is 23.5 Å². The van der Waals surface area contributed by atoms with E-state index in [2.05, 4.69) is 0 Å². The fourth-order valence-electron chi connectivity index (χ4n) is 4.94. The number of carbonyl (C=O) groups excluding carboxylic acids is 2. The molecule has 10 heteroatoms. The number of hydrogen-bond acceptors (Lipinski definition) is 10. The van der Waals surface area contributed by atoms with E-state index >= 15 is 0 Å². The Morgan fingerprint density at radius 3 is 1.40 bits per heavy atom. The van der Waals surface area contributed by atoms with Gasteiger partial charge in [-0.05, 0) is 11.5 Å². The van der Waals surface area contributed by atoms with Gasteiger partial charge in [0.05, 0.1) is 47.4 Å². The van der Waals surface area contributed by atoms with Gasteiger partial charge in [-0.1, -0.05) is 0 Å².